The second kappa shape index (κ2) is 3.58. The number of nitrogens with two attached hydrogens (primary N) is 1. The van der Waals surface area contributed by atoms with Crippen molar-refractivity contribution in [2.45, 2.75) is 38.3 Å². The molecule has 1 heterocycles. The smallest absolute Gasteiger partial charge is 0.0168 e. The van der Waals surface area contributed by atoms with E-state index in [4.69, 9.17) is 5.73 Å². The zero-order valence-corrected chi connectivity index (χ0v) is 8.21. The first-order valence-electron chi connectivity index (χ1n) is 4.68. The zero-order chi connectivity index (χ0) is 9.19. The van der Waals surface area contributed by atoms with Crippen molar-refractivity contribution in [1.82, 2.24) is 4.90 Å². The van der Waals surface area contributed by atoms with Gasteiger partial charge >= 0.3 is 0 Å². The third kappa shape index (κ3) is 2.08. The zero-order valence-electron chi connectivity index (χ0n) is 8.21. The minimum absolute atomic E-state index is 0.310. The van der Waals surface area contributed by atoms with E-state index in [9.17, 15) is 0 Å². The standard InChI is InChI=1S/C10H20N2/c1-4-7-12-8-9(11)5-6-10(12,2)3/h4,9H,1,5-8,11H2,2-3H3. The lowest BCUT2D eigenvalue weighted by atomic mass is 9.88. The molecule has 1 saturated heterocycles. The summed E-state index contributed by atoms with van der Waals surface area (Å²) in [6.45, 7) is 10.3. The van der Waals surface area contributed by atoms with Crippen molar-refractivity contribution < 1.29 is 0 Å². The fourth-order valence-electron chi connectivity index (χ4n) is 1.80. The van der Waals surface area contributed by atoms with Crippen LogP contribution in [0.5, 0.6) is 0 Å². The Labute approximate surface area is 75.4 Å². The summed E-state index contributed by atoms with van der Waals surface area (Å²) in [6, 6.07) is 0.359. The Hall–Kier alpha value is -0.340. The van der Waals surface area contributed by atoms with Gasteiger partial charge < -0.3 is 5.73 Å². The third-order valence-corrected chi connectivity index (χ3v) is 2.79. The maximum Gasteiger partial charge on any atom is 0.0168 e. The van der Waals surface area contributed by atoms with Crippen LogP contribution < -0.4 is 5.73 Å². The predicted octanol–water partition coefficient (Wildman–Crippen LogP) is 1.37. The SMILES string of the molecule is C=CCN1CC(N)CCC1(C)C. The quantitative estimate of drug-likeness (QED) is 0.631. The van der Waals surface area contributed by atoms with Crippen LogP contribution in [0, 0.1) is 0 Å². The maximum atomic E-state index is 5.90. The largest absolute Gasteiger partial charge is 0.327 e. The van der Waals surface area contributed by atoms with E-state index >= 15 is 0 Å². The molecule has 0 aromatic carbocycles. The summed E-state index contributed by atoms with van der Waals surface area (Å²) in [7, 11) is 0. The molecule has 1 atom stereocenters. The van der Waals surface area contributed by atoms with Gasteiger partial charge in [0.1, 0.15) is 0 Å². The van der Waals surface area contributed by atoms with E-state index < -0.39 is 0 Å². The topological polar surface area (TPSA) is 29.3 Å². The lowest BCUT2D eigenvalue weighted by molar-refractivity contribution is 0.0790. The van der Waals surface area contributed by atoms with E-state index in [2.05, 4.69) is 25.3 Å². The molecule has 1 rings (SSSR count). The average molecular weight is 168 g/mol. The van der Waals surface area contributed by atoms with Gasteiger partial charge in [-0.1, -0.05) is 6.08 Å². The lowest BCUT2D eigenvalue weighted by Crippen LogP contribution is -2.54. The van der Waals surface area contributed by atoms with Crippen LogP contribution in [0.15, 0.2) is 12.7 Å². The first-order chi connectivity index (χ1) is 5.56. The number of nitrogens with zero attached hydrogens (tertiary/aromatic N) is 1. The Kier molecular flexibility index (Phi) is 2.91. The maximum absolute atomic E-state index is 5.90. The second-order valence-electron chi connectivity index (χ2n) is 4.30. The van der Waals surface area contributed by atoms with Crippen molar-refractivity contribution in [2.75, 3.05) is 13.1 Å². The molecule has 70 valence electrons. The molecule has 0 aromatic heterocycles. The summed E-state index contributed by atoms with van der Waals surface area (Å²) < 4.78 is 0. The van der Waals surface area contributed by atoms with E-state index in [-0.39, 0.29) is 0 Å². The molecule has 1 aliphatic heterocycles. The highest BCUT2D eigenvalue weighted by molar-refractivity contribution is 4.92. The summed E-state index contributed by atoms with van der Waals surface area (Å²) in [6.07, 6.45) is 4.31. The Morgan fingerprint density at radius 1 is 1.67 bits per heavy atom. The molecule has 0 spiro atoms. The summed E-state index contributed by atoms with van der Waals surface area (Å²) >= 11 is 0. The van der Waals surface area contributed by atoms with Gasteiger partial charge in [-0.2, -0.15) is 0 Å². The van der Waals surface area contributed by atoms with Crippen LogP contribution in [0.3, 0.4) is 0 Å². The highest BCUT2D eigenvalue weighted by Gasteiger charge is 2.31. The predicted molar refractivity (Wildman–Crippen MR) is 53.1 cm³/mol. The fraction of sp³-hybridized carbons (Fsp3) is 0.800. The van der Waals surface area contributed by atoms with Crippen molar-refractivity contribution in [3.8, 4) is 0 Å². The highest BCUT2D eigenvalue weighted by Crippen LogP contribution is 2.26. The van der Waals surface area contributed by atoms with E-state index in [1.165, 1.54) is 6.42 Å². The van der Waals surface area contributed by atoms with Gasteiger partial charge in [0.05, 0.1) is 0 Å². The number of rotatable bonds is 2. The van der Waals surface area contributed by atoms with Gasteiger partial charge in [-0.25, -0.2) is 0 Å². The van der Waals surface area contributed by atoms with Gasteiger partial charge in [0.2, 0.25) is 0 Å². The van der Waals surface area contributed by atoms with Gasteiger partial charge in [-0.3, -0.25) is 4.90 Å². The minimum atomic E-state index is 0.310. The van der Waals surface area contributed by atoms with Gasteiger partial charge in [-0.15, -0.1) is 6.58 Å². The number of likely N-dealkylation sites (tertiary alicyclic amines) is 1. The van der Waals surface area contributed by atoms with E-state index in [0.29, 0.717) is 11.6 Å². The molecule has 1 unspecified atom stereocenters. The van der Waals surface area contributed by atoms with Gasteiger partial charge in [0.25, 0.3) is 0 Å². The third-order valence-electron chi connectivity index (χ3n) is 2.79. The molecule has 0 amide bonds. The highest BCUT2D eigenvalue weighted by atomic mass is 15.2. The lowest BCUT2D eigenvalue weighted by Gasteiger charge is -2.44. The van der Waals surface area contributed by atoms with Crippen molar-refractivity contribution in [2.24, 2.45) is 5.73 Å². The molecule has 0 bridgehead atoms. The van der Waals surface area contributed by atoms with Crippen LogP contribution in [0.2, 0.25) is 0 Å². The molecule has 2 heteroatoms. The number of piperidine rings is 1. The van der Waals surface area contributed by atoms with Gasteiger partial charge in [0, 0.05) is 24.7 Å². The Bertz CT molecular complexity index is 163. The van der Waals surface area contributed by atoms with Crippen molar-refractivity contribution in [3.63, 3.8) is 0 Å². The molecule has 0 radical (unpaired) electrons. The summed E-state index contributed by atoms with van der Waals surface area (Å²) in [5, 5.41) is 0. The van der Waals surface area contributed by atoms with Crippen molar-refractivity contribution in [3.05, 3.63) is 12.7 Å². The van der Waals surface area contributed by atoms with Crippen LogP contribution in [0.4, 0.5) is 0 Å². The van der Waals surface area contributed by atoms with E-state index in [1.54, 1.807) is 0 Å². The summed E-state index contributed by atoms with van der Waals surface area (Å²) in [5.74, 6) is 0. The summed E-state index contributed by atoms with van der Waals surface area (Å²) in [4.78, 5) is 2.41. The monoisotopic (exact) mass is 168 g/mol. The van der Waals surface area contributed by atoms with Crippen LogP contribution in [-0.2, 0) is 0 Å². The van der Waals surface area contributed by atoms with Crippen LogP contribution in [0.1, 0.15) is 26.7 Å². The normalized spacial score (nSPS) is 30.1. The first kappa shape index (κ1) is 9.75. The van der Waals surface area contributed by atoms with Gasteiger partial charge in [-0.05, 0) is 26.7 Å². The molecular weight excluding hydrogens is 148 g/mol. The molecule has 1 fully saturated rings. The molecule has 0 aromatic rings. The molecule has 2 N–H and O–H groups in total. The Morgan fingerprint density at radius 2 is 2.33 bits per heavy atom. The van der Waals surface area contributed by atoms with Crippen LogP contribution in [0.25, 0.3) is 0 Å². The molecular formula is C10H20N2. The van der Waals surface area contributed by atoms with Crippen molar-refractivity contribution >= 4 is 0 Å². The Morgan fingerprint density at radius 3 is 2.92 bits per heavy atom. The molecule has 1 aliphatic rings. The van der Waals surface area contributed by atoms with Gasteiger partial charge in [0.15, 0.2) is 0 Å². The molecule has 0 saturated carbocycles. The molecule has 12 heavy (non-hydrogen) atoms. The fourth-order valence-corrected chi connectivity index (χ4v) is 1.80. The van der Waals surface area contributed by atoms with Crippen LogP contribution in [-0.4, -0.2) is 29.6 Å². The van der Waals surface area contributed by atoms with E-state index in [1.807, 2.05) is 6.08 Å². The van der Waals surface area contributed by atoms with Crippen molar-refractivity contribution in [1.29, 1.82) is 0 Å². The van der Waals surface area contributed by atoms with Crippen LogP contribution >= 0.6 is 0 Å². The number of hydrogen-bond acceptors (Lipinski definition) is 2. The molecule has 2 nitrogen and oxygen atoms in total. The molecule has 0 aliphatic carbocycles. The summed E-state index contributed by atoms with van der Waals surface area (Å²) in [5.41, 5.74) is 6.21. The number of hydrogen-bond donors (Lipinski definition) is 1. The Balaban J connectivity index is 2.58. The average Bonchev–Trinajstić information content (AvgIpc) is 1.98. The van der Waals surface area contributed by atoms with E-state index in [0.717, 1.165) is 19.5 Å². The second-order valence-corrected chi connectivity index (χ2v) is 4.30. The first-order valence-corrected chi connectivity index (χ1v) is 4.68. The minimum Gasteiger partial charge on any atom is -0.327 e.